The highest BCUT2D eigenvalue weighted by Crippen LogP contribution is 2.10. The van der Waals surface area contributed by atoms with Crippen molar-refractivity contribution >= 4 is 11.9 Å². The molecule has 0 saturated heterocycles. The maximum absolute atomic E-state index is 11.7. The van der Waals surface area contributed by atoms with Crippen molar-refractivity contribution in [2.45, 2.75) is 46.8 Å². The molecule has 2 N–H and O–H groups in total. The van der Waals surface area contributed by atoms with E-state index in [2.05, 4.69) is 47.7 Å². The van der Waals surface area contributed by atoms with E-state index >= 15 is 0 Å². The molecule has 0 heterocycles. The molecule has 1 aromatic carbocycles. The van der Waals surface area contributed by atoms with E-state index in [1.165, 1.54) is 16.7 Å². The van der Waals surface area contributed by atoms with Crippen molar-refractivity contribution in [1.29, 1.82) is 0 Å². The molecule has 0 atom stereocenters. The van der Waals surface area contributed by atoms with E-state index in [9.17, 15) is 4.79 Å². The number of esters is 1. The summed E-state index contributed by atoms with van der Waals surface area (Å²) in [6, 6.07) is 6.33. The van der Waals surface area contributed by atoms with Crippen molar-refractivity contribution < 1.29 is 9.53 Å². The average Bonchev–Trinajstić information content (AvgIpc) is 2.38. The molecule has 5 nitrogen and oxygen atoms in total. The van der Waals surface area contributed by atoms with Gasteiger partial charge in [-0.25, -0.2) is 0 Å². The van der Waals surface area contributed by atoms with Crippen LogP contribution in [-0.2, 0) is 16.1 Å². The standard InChI is InChI=1S/C17H27N3O2/c1-12-7-8-14(13(2)9-12)10-19-16(18-6)20-11-15(21)22-17(3,4)5/h7-9H,10-11H2,1-6H3,(H2,18,19,20). The molecule has 1 rings (SSSR count). The quantitative estimate of drug-likeness (QED) is 0.509. The number of carbonyl (C=O) groups excluding carboxylic acids is 1. The van der Waals surface area contributed by atoms with Gasteiger partial charge in [0.2, 0.25) is 0 Å². The second kappa shape index (κ2) is 7.82. The van der Waals surface area contributed by atoms with Crippen LogP contribution in [0.2, 0.25) is 0 Å². The fourth-order valence-electron chi connectivity index (χ4n) is 1.98. The van der Waals surface area contributed by atoms with Crippen molar-refractivity contribution in [1.82, 2.24) is 10.6 Å². The highest BCUT2D eigenvalue weighted by atomic mass is 16.6. The lowest BCUT2D eigenvalue weighted by molar-refractivity contribution is -0.153. The molecule has 0 fully saturated rings. The Labute approximate surface area is 133 Å². The van der Waals surface area contributed by atoms with Crippen LogP contribution in [0.15, 0.2) is 23.2 Å². The molecule has 0 spiro atoms. The molecule has 0 aliphatic heterocycles. The fraction of sp³-hybridized carbons (Fsp3) is 0.529. The number of aryl methyl sites for hydroxylation is 2. The van der Waals surface area contributed by atoms with Gasteiger partial charge in [-0.15, -0.1) is 0 Å². The van der Waals surface area contributed by atoms with Gasteiger partial charge >= 0.3 is 5.97 Å². The lowest BCUT2D eigenvalue weighted by atomic mass is 10.1. The highest BCUT2D eigenvalue weighted by Gasteiger charge is 2.16. The Kier molecular flexibility index (Phi) is 6.40. The number of benzene rings is 1. The summed E-state index contributed by atoms with van der Waals surface area (Å²) in [5, 5.41) is 6.15. The maximum atomic E-state index is 11.7. The number of nitrogens with one attached hydrogen (secondary N) is 2. The smallest absolute Gasteiger partial charge is 0.325 e. The molecule has 1 aromatic rings. The van der Waals surface area contributed by atoms with E-state index in [0.717, 1.165) is 0 Å². The predicted octanol–water partition coefficient (Wildman–Crippen LogP) is 2.31. The Morgan fingerprint density at radius 2 is 1.91 bits per heavy atom. The first-order valence-electron chi connectivity index (χ1n) is 7.44. The average molecular weight is 305 g/mol. The molecule has 5 heteroatoms. The van der Waals surface area contributed by atoms with Crippen LogP contribution >= 0.6 is 0 Å². The Hall–Kier alpha value is -2.04. The van der Waals surface area contributed by atoms with E-state index in [1.54, 1.807) is 7.05 Å². The molecule has 22 heavy (non-hydrogen) atoms. The van der Waals surface area contributed by atoms with Crippen LogP contribution in [0.4, 0.5) is 0 Å². The van der Waals surface area contributed by atoms with E-state index in [-0.39, 0.29) is 12.5 Å². The molecular formula is C17H27N3O2. The number of rotatable bonds is 4. The lowest BCUT2D eigenvalue weighted by Gasteiger charge is -2.20. The molecule has 0 aliphatic carbocycles. The predicted molar refractivity (Wildman–Crippen MR) is 90.0 cm³/mol. The molecule has 0 unspecified atom stereocenters. The SMILES string of the molecule is CN=C(NCC(=O)OC(C)(C)C)NCc1ccc(C)cc1C. The summed E-state index contributed by atoms with van der Waals surface area (Å²) in [5.41, 5.74) is 3.20. The van der Waals surface area contributed by atoms with Gasteiger partial charge in [0.05, 0.1) is 0 Å². The van der Waals surface area contributed by atoms with Crippen molar-refractivity contribution in [2.75, 3.05) is 13.6 Å². The molecule has 0 amide bonds. The largest absolute Gasteiger partial charge is 0.459 e. The number of hydrogen-bond acceptors (Lipinski definition) is 3. The number of aliphatic imine (C=N–C) groups is 1. The summed E-state index contributed by atoms with van der Waals surface area (Å²) in [4.78, 5) is 15.8. The van der Waals surface area contributed by atoms with Crippen molar-refractivity contribution in [3.63, 3.8) is 0 Å². The third-order valence-corrected chi connectivity index (χ3v) is 2.99. The number of ether oxygens (including phenoxy) is 1. The van der Waals surface area contributed by atoms with E-state index in [0.29, 0.717) is 12.5 Å². The topological polar surface area (TPSA) is 62.7 Å². The number of hydrogen-bond donors (Lipinski definition) is 2. The fourth-order valence-corrected chi connectivity index (χ4v) is 1.98. The van der Waals surface area contributed by atoms with Gasteiger partial charge in [0, 0.05) is 13.6 Å². The van der Waals surface area contributed by atoms with Gasteiger partial charge in [0.15, 0.2) is 5.96 Å². The van der Waals surface area contributed by atoms with E-state index < -0.39 is 5.60 Å². The maximum Gasteiger partial charge on any atom is 0.325 e. The third kappa shape index (κ3) is 6.61. The van der Waals surface area contributed by atoms with Crippen molar-refractivity contribution in [3.05, 3.63) is 34.9 Å². The summed E-state index contributed by atoms with van der Waals surface area (Å²) in [7, 11) is 1.67. The summed E-state index contributed by atoms with van der Waals surface area (Å²) >= 11 is 0. The zero-order valence-electron chi connectivity index (χ0n) is 14.4. The summed E-state index contributed by atoms with van der Waals surface area (Å²) in [6.45, 7) is 10.4. The second-order valence-corrected chi connectivity index (χ2v) is 6.30. The van der Waals surface area contributed by atoms with Crippen molar-refractivity contribution in [3.8, 4) is 0 Å². The summed E-state index contributed by atoms with van der Waals surface area (Å²) in [5.74, 6) is 0.271. The monoisotopic (exact) mass is 305 g/mol. The van der Waals surface area contributed by atoms with Gasteiger partial charge in [-0.2, -0.15) is 0 Å². The number of carbonyl (C=O) groups is 1. The van der Waals surface area contributed by atoms with Gasteiger partial charge in [-0.05, 0) is 45.7 Å². The zero-order valence-corrected chi connectivity index (χ0v) is 14.4. The molecule has 0 aromatic heterocycles. The van der Waals surface area contributed by atoms with E-state index in [4.69, 9.17) is 4.74 Å². The van der Waals surface area contributed by atoms with Crippen LogP contribution in [0, 0.1) is 13.8 Å². The normalized spacial score (nSPS) is 12.0. The molecule has 122 valence electrons. The summed E-state index contributed by atoms with van der Waals surface area (Å²) in [6.07, 6.45) is 0. The molecule has 0 saturated carbocycles. The Morgan fingerprint density at radius 1 is 1.23 bits per heavy atom. The minimum absolute atomic E-state index is 0.0871. The minimum Gasteiger partial charge on any atom is -0.459 e. The first-order valence-corrected chi connectivity index (χ1v) is 7.44. The third-order valence-electron chi connectivity index (χ3n) is 2.99. The minimum atomic E-state index is -0.477. The van der Waals surface area contributed by atoms with Gasteiger partial charge < -0.3 is 15.4 Å². The van der Waals surface area contributed by atoms with Crippen LogP contribution in [0.1, 0.15) is 37.5 Å². The lowest BCUT2D eigenvalue weighted by Crippen LogP contribution is -2.41. The van der Waals surface area contributed by atoms with Crippen LogP contribution < -0.4 is 10.6 Å². The first-order chi connectivity index (χ1) is 10.2. The highest BCUT2D eigenvalue weighted by molar-refractivity contribution is 5.84. The molecule has 0 aliphatic rings. The van der Waals surface area contributed by atoms with Crippen LogP contribution in [0.25, 0.3) is 0 Å². The Bertz CT molecular complexity index is 545. The Morgan fingerprint density at radius 3 is 2.45 bits per heavy atom. The zero-order chi connectivity index (χ0) is 16.8. The van der Waals surface area contributed by atoms with Gasteiger partial charge in [0.25, 0.3) is 0 Å². The van der Waals surface area contributed by atoms with Gasteiger partial charge in [0.1, 0.15) is 12.1 Å². The number of nitrogens with zero attached hydrogens (tertiary/aromatic N) is 1. The van der Waals surface area contributed by atoms with Crippen LogP contribution in [0.5, 0.6) is 0 Å². The molecule has 0 bridgehead atoms. The molecule has 0 radical (unpaired) electrons. The second-order valence-electron chi connectivity index (χ2n) is 6.30. The van der Waals surface area contributed by atoms with Crippen LogP contribution in [0.3, 0.4) is 0 Å². The Balaban J connectivity index is 2.48. The number of guanidine groups is 1. The molecular weight excluding hydrogens is 278 g/mol. The van der Waals surface area contributed by atoms with E-state index in [1.807, 2.05) is 20.8 Å². The van der Waals surface area contributed by atoms with Crippen molar-refractivity contribution in [2.24, 2.45) is 4.99 Å². The van der Waals surface area contributed by atoms with Crippen LogP contribution in [-0.4, -0.2) is 31.1 Å². The summed E-state index contributed by atoms with van der Waals surface area (Å²) < 4.78 is 5.24. The van der Waals surface area contributed by atoms with Gasteiger partial charge in [-0.1, -0.05) is 23.8 Å². The first kappa shape index (κ1) is 18.0. The van der Waals surface area contributed by atoms with Gasteiger partial charge in [-0.3, -0.25) is 9.79 Å².